The summed E-state index contributed by atoms with van der Waals surface area (Å²) in [6.45, 7) is 0. The van der Waals surface area contributed by atoms with E-state index in [1.807, 2.05) is 24.3 Å². The maximum atomic E-state index is 12.8. The van der Waals surface area contributed by atoms with Gasteiger partial charge >= 0.3 is 6.01 Å². The van der Waals surface area contributed by atoms with Crippen molar-refractivity contribution in [1.82, 2.24) is 20.3 Å². The molecular weight excluding hydrogens is 355 g/mol. The van der Waals surface area contributed by atoms with E-state index >= 15 is 0 Å². The fraction of sp³-hybridized carbons (Fsp3) is 0.333. The van der Waals surface area contributed by atoms with E-state index < -0.39 is 5.82 Å². The monoisotopic (exact) mass is 372 g/mol. The van der Waals surface area contributed by atoms with Gasteiger partial charge in [-0.3, -0.25) is 4.79 Å². The molecule has 3 aromatic rings. The summed E-state index contributed by atoms with van der Waals surface area (Å²) in [7, 11) is 0. The van der Waals surface area contributed by atoms with E-state index in [4.69, 9.17) is 4.74 Å². The molecule has 1 aromatic carbocycles. The number of nitrogens with one attached hydrogen (secondary N) is 1. The summed E-state index contributed by atoms with van der Waals surface area (Å²) in [5, 5.41) is 3.55. The number of carbonyl (C=O) groups is 1. The minimum atomic E-state index is -0.487. The number of fused-ring (bicyclic) bond motifs is 1. The van der Waals surface area contributed by atoms with E-state index in [-0.39, 0.29) is 24.1 Å². The number of halogens is 1. The topological polar surface area (TPSA) is 77.0 Å². The Kier molecular flexibility index (Phi) is 4.75. The third-order valence-corrected chi connectivity index (χ3v) is 5.40. The van der Waals surface area contributed by atoms with Crippen molar-refractivity contribution in [3.63, 3.8) is 0 Å². The minimum absolute atomic E-state index is 0.0175. The zero-order chi connectivity index (χ0) is 17.9. The van der Waals surface area contributed by atoms with Crippen LogP contribution in [0.5, 0.6) is 6.01 Å². The van der Waals surface area contributed by atoms with Crippen LogP contribution in [0.25, 0.3) is 10.2 Å². The van der Waals surface area contributed by atoms with Gasteiger partial charge in [-0.05, 0) is 37.8 Å². The van der Waals surface area contributed by atoms with Crippen LogP contribution in [0.15, 0.2) is 36.7 Å². The van der Waals surface area contributed by atoms with Gasteiger partial charge in [0.1, 0.15) is 6.10 Å². The van der Waals surface area contributed by atoms with Crippen molar-refractivity contribution in [3.8, 4) is 6.01 Å². The molecular formula is C18H17FN4O2S. The fourth-order valence-electron chi connectivity index (χ4n) is 3.05. The average molecular weight is 372 g/mol. The zero-order valence-corrected chi connectivity index (χ0v) is 14.7. The molecule has 6 nitrogen and oxygen atoms in total. The first-order chi connectivity index (χ1) is 12.7. The largest absolute Gasteiger partial charge is 0.460 e. The molecule has 2 heterocycles. The Hall–Kier alpha value is -2.61. The zero-order valence-electron chi connectivity index (χ0n) is 13.9. The predicted octanol–water partition coefficient (Wildman–Crippen LogP) is 3.35. The molecule has 1 N–H and O–H groups in total. The van der Waals surface area contributed by atoms with Crippen molar-refractivity contribution in [1.29, 1.82) is 0 Å². The van der Waals surface area contributed by atoms with E-state index in [0.717, 1.165) is 48.3 Å². The highest BCUT2D eigenvalue weighted by atomic mass is 32.1. The number of nitrogens with zero attached hydrogens (tertiary/aromatic N) is 3. The molecule has 2 aromatic heterocycles. The summed E-state index contributed by atoms with van der Waals surface area (Å²) in [6.07, 6.45) is 5.34. The van der Waals surface area contributed by atoms with Gasteiger partial charge in [0.05, 0.1) is 22.6 Å². The molecule has 1 aliphatic rings. The molecule has 0 bridgehead atoms. The molecule has 4 rings (SSSR count). The third-order valence-electron chi connectivity index (χ3n) is 4.37. The van der Waals surface area contributed by atoms with Gasteiger partial charge in [0.15, 0.2) is 10.8 Å². The number of thiazole rings is 1. The van der Waals surface area contributed by atoms with Crippen molar-refractivity contribution in [2.45, 2.75) is 37.8 Å². The second kappa shape index (κ2) is 7.33. The molecule has 0 aliphatic heterocycles. The van der Waals surface area contributed by atoms with Gasteiger partial charge in [0.25, 0.3) is 5.91 Å². The molecule has 0 atom stereocenters. The van der Waals surface area contributed by atoms with Crippen molar-refractivity contribution < 1.29 is 13.9 Å². The Morgan fingerprint density at radius 1 is 1.15 bits per heavy atom. The van der Waals surface area contributed by atoms with Gasteiger partial charge in [-0.25, -0.2) is 19.3 Å². The van der Waals surface area contributed by atoms with Gasteiger partial charge in [-0.2, -0.15) is 0 Å². The van der Waals surface area contributed by atoms with Crippen molar-refractivity contribution >= 4 is 27.5 Å². The molecule has 8 heteroatoms. The van der Waals surface area contributed by atoms with E-state index in [9.17, 15) is 9.18 Å². The van der Waals surface area contributed by atoms with Crippen LogP contribution in [0.4, 0.5) is 4.39 Å². The Bertz CT molecular complexity index is 874. The first-order valence-electron chi connectivity index (χ1n) is 8.48. The molecule has 0 spiro atoms. The van der Waals surface area contributed by atoms with Gasteiger partial charge in [0.2, 0.25) is 0 Å². The van der Waals surface area contributed by atoms with Crippen LogP contribution in [0.3, 0.4) is 0 Å². The molecule has 1 fully saturated rings. The second-order valence-electron chi connectivity index (χ2n) is 6.24. The summed E-state index contributed by atoms with van der Waals surface area (Å²) in [5.74, 6) is -0.615. The maximum Gasteiger partial charge on any atom is 0.316 e. The van der Waals surface area contributed by atoms with Crippen LogP contribution in [-0.2, 0) is 0 Å². The van der Waals surface area contributed by atoms with E-state index in [0.29, 0.717) is 5.01 Å². The lowest BCUT2D eigenvalue weighted by molar-refractivity contribution is 0.0885. The lowest BCUT2D eigenvalue weighted by atomic mass is 9.93. The number of hydrogen-bond donors (Lipinski definition) is 1. The summed E-state index contributed by atoms with van der Waals surface area (Å²) < 4.78 is 19.5. The number of para-hydroxylation sites is 1. The van der Waals surface area contributed by atoms with E-state index in [2.05, 4.69) is 20.3 Å². The number of rotatable bonds is 4. The number of aromatic nitrogens is 3. The van der Waals surface area contributed by atoms with E-state index in [1.165, 1.54) is 11.3 Å². The average Bonchev–Trinajstić information content (AvgIpc) is 3.10. The number of hydrogen-bond acceptors (Lipinski definition) is 6. The highest BCUT2D eigenvalue weighted by Crippen LogP contribution is 2.24. The van der Waals surface area contributed by atoms with Crippen LogP contribution in [0.1, 0.15) is 35.5 Å². The molecule has 1 aliphatic carbocycles. The van der Waals surface area contributed by atoms with Gasteiger partial charge in [-0.1, -0.05) is 12.1 Å². The first kappa shape index (κ1) is 16.8. The fourth-order valence-corrected chi connectivity index (χ4v) is 3.92. The number of ether oxygens (including phenoxy) is 1. The second-order valence-corrected chi connectivity index (χ2v) is 7.27. The normalized spacial score (nSPS) is 20.0. The molecule has 134 valence electrons. The predicted molar refractivity (Wildman–Crippen MR) is 95.7 cm³/mol. The number of benzene rings is 1. The van der Waals surface area contributed by atoms with Crippen LogP contribution in [0.2, 0.25) is 0 Å². The summed E-state index contributed by atoms with van der Waals surface area (Å²) in [5.41, 5.74) is 0.846. The summed E-state index contributed by atoms with van der Waals surface area (Å²) >= 11 is 1.40. The third kappa shape index (κ3) is 3.80. The minimum Gasteiger partial charge on any atom is -0.460 e. The Labute approximate surface area is 153 Å². The molecule has 0 saturated heterocycles. The SMILES string of the molecule is O=C(NC1CCC(Oc2ncc(F)cn2)CC1)c1nc2ccccc2s1. The highest BCUT2D eigenvalue weighted by molar-refractivity contribution is 7.20. The number of carbonyl (C=O) groups excluding carboxylic acids is 1. The van der Waals surface area contributed by atoms with Crippen molar-refractivity contribution in [2.75, 3.05) is 0 Å². The molecule has 0 radical (unpaired) electrons. The highest BCUT2D eigenvalue weighted by Gasteiger charge is 2.25. The Morgan fingerprint density at radius 3 is 2.62 bits per heavy atom. The summed E-state index contributed by atoms with van der Waals surface area (Å²) in [6, 6.07) is 8.01. The quantitative estimate of drug-likeness (QED) is 0.760. The Morgan fingerprint density at radius 2 is 1.88 bits per heavy atom. The molecule has 1 saturated carbocycles. The Balaban J connectivity index is 1.30. The molecule has 26 heavy (non-hydrogen) atoms. The number of amides is 1. The molecule has 1 amide bonds. The van der Waals surface area contributed by atoms with E-state index in [1.54, 1.807) is 0 Å². The maximum absolute atomic E-state index is 12.8. The van der Waals surface area contributed by atoms with Gasteiger partial charge in [0, 0.05) is 6.04 Å². The lowest BCUT2D eigenvalue weighted by Gasteiger charge is -2.28. The van der Waals surface area contributed by atoms with Crippen LogP contribution >= 0.6 is 11.3 Å². The summed E-state index contributed by atoms with van der Waals surface area (Å²) in [4.78, 5) is 24.5. The van der Waals surface area contributed by atoms with Gasteiger partial charge < -0.3 is 10.1 Å². The first-order valence-corrected chi connectivity index (χ1v) is 9.29. The lowest BCUT2D eigenvalue weighted by Crippen LogP contribution is -2.39. The molecule has 0 unspecified atom stereocenters. The van der Waals surface area contributed by atoms with Crippen molar-refractivity contribution in [3.05, 3.63) is 47.5 Å². The standard InChI is InChI=1S/C18H17FN4O2S/c19-11-9-20-18(21-10-11)25-13-7-5-12(6-8-13)22-16(24)17-23-14-3-1-2-4-15(14)26-17/h1-4,9-10,12-13H,5-8H2,(H,22,24). The van der Waals surface area contributed by atoms with Crippen LogP contribution < -0.4 is 10.1 Å². The smallest absolute Gasteiger partial charge is 0.316 e. The van der Waals surface area contributed by atoms with Gasteiger partial charge in [-0.15, -0.1) is 11.3 Å². The van der Waals surface area contributed by atoms with Crippen LogP contribution in [0, 0.1) is 5.82 Å². The van der Waals surface area contributed by atoms with Crippen LogP contribution in [-0.4, -0.2) is 33.0 Å². The van der Waals surface area contributed by atoms with Crippen molar-refractivity contribution in [2.24, 2.45) is 0 Å².